The summed E-state index contributed by atoms with van der Waals surface area (Å²) in [5.74, 6) is -0.984. The van der Waals surface area contributed by atoms with Crippen LogP contribution in [0.15, 0.2) is 36.0 Å². The van der Waals surface area contributed by atoms with Crippen LogP contribution in [-0.2, 0) is 4.79 Å². The first kappa shape index (κ1) is 12.9. The molecule has 0 spiro atoms. The van der Waals surface area contributed by atoms with E-state index in [2.05, 4.69) is 5.32 Å². The maximum Gasteiger partial charge on any atom is 0.259 e. The van der Waals surface area contributed by atoms with Crippen molar-refractivity contribution in [2.24, 2.45) is 11.8 Å². The van der Waals surface area contributed by atoms with Gasteiger partial charge in [0.25, 0.3) is 5.91 Å². The fraction of sp³-hybridized carbons (Fsp3) is 0.333. The number of carbonyl (C=O) groups excluding carboxylic acids is 2. The Hall–Kier alpha value is -2.14. The van der Waals surface area contributed by atoms with Gasteiger partial charge in [0.1, 0.15) is 11.4 Å². The second-order valence-corrected chi connectivity index (χ2v) is 5.53. The Kier molecular flexibility index (Phi) is 2.69. The van der Waals surface area contributed by atoms with Crippen molar-refractivity contribution in [3.63, 3.8) is 0 Å². The molecule has 0 heterocycles. The predicted octanol–water partition coefficient (Wildman–Crippen LogP) is 0.976. The minimum Gasteiger partial charge on any atom is -0.507 e. The van der Waals surface area contributed by atoms with Gasteiger partial charge in [-0.2, -0.15) is 0 Å². The van der Waals surface area contributed by atoms with Crippen LogP contribution in [0.2, 0.25) is 0 Å². The minimum atomic E-state index is -1.21. The average molecular weight is 273 g/mol. The summed E-state index contributed by atoms with van der Waals surface area (Å²) < 4.78 is 0. The van der Waals surface area contributed by atoms with Gasteiger partial charge in [0, 0.05) is 17.9 Å². The number of aromatic hydroxyl groups is 1. The highest BCUT2D eigenvalue weighted by molar-refractivity contribution is 6.01. The van der Waals surface area contributed by atoms with Crippen LogP contribution in [0, 0.1) is 11.8 Å². The predicted molar refractivity (Wildman–Crippen MR) is 70.9 cm³/mol. The van der Waals surface area contributed by atoms with E-state index >= 15 is 0 Å². The van der Waals surface area contributed by atoms with E-state index in [1.165, 1.54) is 18.2 Å². The number of carbonyl (C=O) groups is 2. The van der Waals surface area contributed by atoms with Gasteiger partial charge in [0.15, 0.2) is 5.78 Å². The summed E-state index contributed by atoms with van der Waals surface area (Å²) >= 11 is 0. The molecule has 0 aromatic heterocycles. The SMILES string of the molecule is C[C@]1(O)C(NC(=O)c2ccccc2O)=CC(=O)[C@H]2C[C@H]21. The zero-order valence-electron chi connectivity index (χ0n) is 11.0. The van der Waals surface area contributed by atoms with Crippen LogP contribution in [0.25, 0.3) is 0 Å². The van der Waals surface area contributed by atoms with Gasteiger partial charge in [0.05, 0.1) is 11.3 Å². The second-order valence-electron chi connectivity index (χ2n) is 5.53. The molecule has 0 saturated heterocycles. The summed E-state index contributed by atoms with van der Waals surface area (Å²) in [5.41, 5.74) is -0.900. The molecule has 104 valence electrons. The van der Waals surface area contributed by atoms with E-state index in [1.807, 2.05) is 0 Å². The molecule has 20 heavy (non-hydrogen) atoms. The van der Waals surface area contributed by atoms with Crippen molar-refractivity contribution >= 4 is 11.7 Å². The van der Waals surface area contributed by atoms with Crippen molar-refractivity contribution < 1.29 is 19.8 Å². The highest BCUT2D eigenvalue weighted by Gasteiger charge is 2.57. The van der Waals surface area contributed by atoms with Crippen LogP contribution in [0.5, 0.6) is 5.75 Å². The summed E-state index contributed by atoms with van der Waals surface area (Å²) in [4.78, 5) is 23.8. The van der Waals surface area contributed by atoms with Crippen molar-refractivity contribution in [3.8, 4) is 5.75 Å². The molecule has 1 aromatic carbocycles. The van der Waals surface area contributed by atoms with Crippen LogP contribution in [0.4, 0.5) is 0 Å². The smallest absolute Gasteiger partial charge is 0.259 e. The zero-order chi connectivity index (χ0) is 14.5. The summed E-state index contributed by atoms with van der Waals surface area (Å²) in [7, 11) is 0. The van der Waals surface area contributed by atoms with E-state index in [-0.39, 0.29) is 34.6 Å². The van der Waals surface area contributed by atoms with Crippen molar-refractivity contribution in [2.45, 2.75) is 18.9 Å². The van der Waals surface area contributed by atoms with Gasteiger partial charge in [-0.3, -0.25) is 9.59 Å². The number of hydrogen-bond acceptors (Lipinski definition) is 4. The number of allylic oxidation sites excluding steroid dienone is 1. The summed E-state index contributed by atoms with van der Waals surface area (Å²) in [6.07, 6.45) is 1.95. The van der Waals surface area contributed by atoms with E-state index < -0.39 is 11.5 Å². The highest BCUT2D eigenvalue weighted by Crippen LogP contribution is 2.52. The zero-order valence-corrected chi connectivity index (χ0v) is 11.0. The number of para-hydroxylation sites is 1. The van der Waals surface area contributed by atoms with E-state index in [0.717, 1.165) is 0 Å². The lowest BCUT2D eigenvalue weighted by atomic mass is 9.88. The number of fused-ring (bicyclic) bond motifs is 1. The Bertz CT molecular complexity index is 633. The molecule has 0 radical (unpaired) electrons. The number of rotatable bonds is 2. The van der Waals surface area contributed by atoms with Gasteiger partial charge < -0.3 is 15.5 Å². The van der Waals surface area contributed by atoms with Gasteiger partial charge in [-0.15, -0.1) is 0 Å². The molecular weight excluding hydrogens is 258 g/mol. The fourth-order valence-corrected chi connectivity index (χ4v) is 2.74. The first-order chi connectivity index (χ1) is 9.41. The van der Waals surface area contributed by atoms with Gasteiger partial charge in [-0.1, -0.05) is 12.1 Å². The quantitative estimate of drug-likeness (QED) is 0.749. The Balaban J connectivity index is 1.86. The maximum atomic E-state index is 12.1. The first-order valence-corrected chi connectivity index (χ1v) is 6.49. The maximum absolute atomic E-state index is 12.1. The third-order valence-electron chi connectivity index (χ3n) is 4.11. The molecule has 0 aliphatic heterocycles. The second kappa shape index (κ2) is 4.18. The van der Waals surface area contributed by atoms with Gasteiger partial charge >= 0.3 is 0 Å². The van der Waals surface area contributed by atoms with Crippen molar-refractivity contribution in [1.82, 2.24) is 5.32 Å². The van der Waals surface area contributed by atoms with Gasteiger partial charge in [-0.05, 0) is 25.5 Å². The number of phenols is 1. The Morgan fingerprint density at radius 3 is 2.80 bits per heavy atom. The molecule has 3 atom stereocenters. The number of hydrogen-bond donors (Lipinski definition) is 3. The number of nitrogens with one attached hydrogen (secondary N) is 1. The minimum absolute atomic E-state index is 0.0610. The number of phenolic OH excluding ortho intramolecular Hbond substituents is 1. The summed E-state index contributed by atoms with van der Waals surface area (Å²) in [6.45, 7) is 1.60. The molecule has 0 bridgehead atoms. The number of aliphatic hydroxyl groups is 1. The molecule has 3 rings (SSSR count). The van der Waals surface area contributed by atoms with Gasteiger partial charge in [-0.25, -0.2) is 0 Å². The van der Waals surface area contributed by atoms with Crippen molar-refractivity contribution in [1.29, 1.82) is 0 Å². The molecule has 1 amide bonds. The Morgan fingerprint density at radius 2 is 2.10 bits per heavy atom. The van der Waals surface area contributed by atoms with Crippen LogP contribution in [0.3, 0.4) is 0 Å². The normalized spacial score (nSPS) is 31.3. The number of amides is 1. The molecule has 5 heteroatoms. The van der Waals surface area contributed by atoms with Crippen LogP contribution in [-0.4, -0.2) is 27.5 Å². The number of benzene rings is 1. The van der Waals surface area contributed by atoms with Crippen LogP contribution >= 0.6 is 0 Å². The molecule has 3 N–H and O–H groups in total. The standard InChI is InChI=1S/C15H15NO4/c1-15(20)10-6-9(10)12(18)7-13(15)16-14(19)8-4-2-3-5-11(8)17/h2-5,7,9-10,17,20H,6H2,1H3,(H,16,19)/t9-,10+,15+/m0/s1. The molecule has 1 fully saturated rings. The molecule has 5 nitrogen and oxygen atoms in total. The van der Waals surface area contributed by atoms with E-state index in [0.29, 0.717) is 6.42 Å². The lowest BCUT2D eigenvalue weighted by molar-refractivity contribution is -0.117. The molecule has 1 aromatic rings. The first-order valence-electron chi connectivity index (χ1n) is 6.49. The topological polar surface area (TPSA) is 86.6 Å². The van der Waals surface area contributed by atoms with E-state index in [4.69, 9.17) is 0 Å². The molecule has 0 unspecified atom stereocenters. The van der Waals surface area contributed by atoms with E-state index in [9.17, 15) is 19.8 Å². The largest absolute Gasteiger partial charge is 0.507 e. The monoisotopic (exact) mass is 273 g/mol. The lowest BCUT2D eigenvalue weighted by Crippen LogP contribution is -2.43. The molecular formula is C15H15NO4. The Labute approximate surface area is 115 Å². The van der Waals surface area contributed by atoms with Crippen LogP contribution in [0.1, 0.15) is 23.7 Å². The average Bonchev–Trinajstić information content (AvgIpc) is 3.18. The summed E-state index contributed by atoms with van der Waals surface area (Å²) in [6, 6.07) is 6.12. The van der Waals surface area contributed by atoms with Crippen LogP contribution < -0.4 is 5.32 Å². The van der Waals surface area contributed by atoms with Crippen molar-refractivity contribution in [2.75, 3.05) is 0 Å². The van der Waals surface area contributed by atoms with Crippen molar-refractivity contribution in [3.05, 3.63) is 41.6 Å². The third-order valence-corrected chi connectivity index (χ3v) is 4.11. The van der Waals surface area contributed by atoms with E-state index in [1.54, 1.807) is 19.1 Å². The third kappa shape index (κ3) is 1.91. The van der Waals surface area contributed by atoms with Gasteiger partial charge in [0.2, 0.25) is 0 Å². The Morgan fingerprint density at radius 1 is 1.40 bits per heavy atom. The number of ketones is 1. The molecule has 1 saturated carbocycles. The molecule has 2 aliphatic carbocycles. The molecule has 2 aliphatic rings. The fourth-order valence-electron chi connectivity index (χ4n) is 2.74. The summed E-state index contributed by atoms with van der Waals surface area (Å²) in [5, 5.41) is 22.6. The lowest BCUT2D eigenvalue weighted by Gasteiger charge is -2.30. The highest BCUT2D eigenvalue weighted by atomic mass is 16.3.